The molecule has 0 bridgehead atoms. The second-order valence-corrected chi connectivity index (χ2v) is 5.42. The van der Waals surface area contributed by atoms with Crippen LogP contribution in [0.1, 0.15) is 24.4 Å². The van der Waals surface area contributed by atoms with E-state index in [-0.39, 0.29) is 6.04 Å². The van der Waals surface area contributed by atoms with Crippen molar-refractivity contribution in [2.24, 2.45) is 0 Å². The number of nitrogens with zero attached hydrogens (tertiary/aromatic N) is 3. The van der Waals surface area contributed by atoms with Crippen LogP contribution in [-0.4, -0.2) is 22.0 Å². The van der Waals surface area contributed by atoms with Crippen molar-refractivity contribution in [3.63, 3.8) is 0 Å². The molecular weight excluding hydrogens is 307 g/mol. The van der Waals surface area contributed by atoms with Crippen molar-refractivity contribution in [3.05, 3.63) is 38.6 Å². The van der Waals surface area contributed by atoms with Crippen molar-refractivity contribution < 1.29 is 0 Å². The Kier molecular flexibility index (Phi) is 4.36. The molecule has 102 valence electrons. The van der Waals surface area contributed by atoms with Gasteiger partial charge in [-0.1, -0.05) is 40.0 Å². The second kappa shape index (κ2) is 5.67. The van der Waals surface area contributed by atoms with Gasteiger partial charge in [-0.2, -0.15) is 0 Å². The molecule has 1 atom stereocenters. The van der Waals surface area contributed by atoms with E-state index in [2.05, 4.69) is 15.6 Å². The van der Waals surface area contributed by atoms with Crippen molar-refractivity contribution >= 4 is 34.8 Å². The van der Waals surface area contributed by atoms with Crippen molar-refractivity contribution in [1.29, 1.82) is 0 Å². The van der Waals surface area contributed by atoms with Gasteiger partial charge in [-0.25, -0.2) is 4.68 Å². The first-order valence-corrected chi connectivity index (χ1v) is 6.83. The van der Waals surface area contributed by atoms with Crippen molar-refractivity contribution in [2.45, 2.75) is 19.9 Å². The van der Waals surface area contributed by atoms with Gasteiger partial charge in [-0.05, 0) is 33.0 Å². The Hall–Kier alpha value is -0.810. The summed E-state index contributed by atoms with van der Waals surface area (Å²) in [5.41, 5.74) is 2.43. The average Bonchev–Trinajstić information content (AvgIpc) is 2.75. The highest BCUT2D eigenvalue weighted by atomic mass is 35.5. The predicted octanol–water partition coefficient (Wildman–Crippen LogP) is 3.82. The summed E-state index contributed by atoms with van der Waals surface area (Å²) in [7, 11) is 1.87. The zero-order valence-electron chi connectivity index (χ0n) is 10.7. The number of rotatable bonds is 3. The van der Waals surface area contributed by atoms with Gasteiger partial charge in [0.1, 0.15) is 5.69 Å². The number of benzene rings is 1. The molecule has 1 unspecified atom stereocenters. The number of hydrogen-bond donors (Lipinski definition) is 1. The minimum absolute atomic E-state index is 0.107. The topological polar surface area (TPSA) is 42.7 Å². The Labute approximate surface area is 126 Å². The van der Waals surface area contributed by atoms with Crippen molar-refractivity contribution in [1.82, 2.24) is 20.3 Å². The van der Waals surface area contributed by atoms with Crippen LogP contribution in [-0.2, 0) is 0 Å². The molecule has 0 aliphatic heterocycles. The van der Waals surface area contributed by atoms with Crippen LogP contribution in [0, 0.1) is 6.92 Å². The van der Waals surface area contributed by atoms with Gasteiger partial charge in [0.15, 0.2) is 0 Å². The van der Waals surface area contributed by atoms with Crippen LogP contribution >= 0.6 is 34.8 Å². The fourth-order valence-corrected chi connectivity index (χ4v) is 2.40. The average molecular weight is 320 g/mol. The van der Waals surface area contributed by atoms with E-state index in [1.54, 1.807) is 16.8 Å². The highest BCUT2D eigenvalue weighted by Crippen LogP contribution is 2.32. The Morgan fingerprint density at radius 3 is 2.42 bits per heavy atom. The van der Waals surface area contributed by atoms with Crippen LogP contribution in [0.15, 0.2) is 12.1 Å². The molecule has 0 aliphatic carbocycles. The zero-order chi connectivity index (χ0) is 14.2. The lowest BCUT2D eigenvalue weighted by Crippen LogP contribution is -2.14. The summed E-state index contributed by atoms with van der Waals surface area (Å²) in [5, 5.41) is 12.7. The third kappa shape index (κ3) is 2.72. The van der Waals surface area contributed by atoms with E-state index < -0.39 is 0 Å². The molecule has 0 fully saturated rings. The lowest BCUT2D eigenvalue weighted by Gasteiger charge is -2.10. The SMILES string of the molecule is CNC(C)c1nnn(-c2cc(Cl)c(Cl)cc2Cl)c1C. The first kappa shape index (κ1) is 14.6. The summed E-state index contributed by atoms with van der Waals surface area (Å²) in [6, 6.07) is 3.39. The highest BCUT2D eigenvalue weighted by Gasteiger charge is 2.17. The van der Waals surface area contributed by atoms with Gasteiger partial charge in [0.25, 0.3) is 0 Å². The van der Waals surface area contributed by atoms with Crippen LogP contribution in [0.25, 0.3) is 5.69 Å². The third-order valence-corrected chi connectivity index (χ3v) is 4.02. The number of hydrogen-bond acceptors (Lipinski definition) is 3. The molecule has 19 heavy (non-hydrogen) atoms. The molecule has 4 nitrogen and oxygen atoms in total. The smallest absolute Gasteiger partial charge is 0.103 e. The van der Waals surface area contributed by atoms with Gasteiger partial charge in [-0.3, -0.25) is 0 Å². The lowest BCUT2D eigenvalue weighted by atomic mass is 10.2. The molecule has 1 heterocycles. The summed E-state index contributed by atoms with van der Waals surface area (Å²) in [4.78, 5) is 0. The van der Waals surface area contributed by atoms with Gasteiger partial charge in [0, 0.05) is 0 Å². The predicted molar refractivity (Wildman–Crippen MR) is 78.6 cm³/mol. The Morgan fingerprint density at radius 2 is 1.79 bits per heavy atom. The standard InChI is InChI=1S/C12H13Cl3N4/c1-6(16-3)12-7(2)19(18-17-12)11-5-9(14)8(13)4-10(11)15/h4-6,16H,1-3H3. The highest BCUT2D eigenvalue weighted by molar-refractivity contribution is 6.43. The minimum Gasteiger partial charge on any atom is -0.312 e. The number of halogens is 3. The Balaban J connectivity index is 2.54. The maximum absolute atomic E-state index is 6.18. The van der Waals surface area contributed by atoms with E-state index in [0.717, 1.165) is 11.4 Å². The molecule has 2 aromatic rings. The van der Waals surface area contributed by atoms with Gasteiger partial charge in [0.2, 0.25) is 0 Å². The molecule has 1 aromatic carbocycles. The summed E-state index contributed by atoms with van der Waals surface area (Å²) >= 11 is 18.1. The molecule has 7 heteroatoms. The summed E-state index contributed by atoms with van der Waals surface area (Å²) < 4.78 is 1.66. The maximum Gasteiger partial charge on any atom is 0.103 e. The summed E-state index contributed by atoms with van der Waals surface area (Å²) in [6.07, 6.45) is 0. The molecule has 0 aliphatic rings. The first-order chi connectivity index (χ1) is 8.95. The molecule has 0 radical (unpaired) electrons. The van der Waals surface area contributed by atoms with Crippen molar-refractivity contribution in [2.75, 3.05) is 7.05 Å². The first-order valence-electron chi connectivity index (χ1n) is 5.70. The monoisotopic (exact) mass is 318 g/mol. The van der Waals surface area contributed by atoms with E-state index >= 15 is 0 Å². The van der Waals surface area contributed by atoms with E-state index in [9.17, 15) is 0 Å². The quantitative estimate of drug-likeness (QED) is 0.875. The molecule has 2 rings (SSSR count). The number of nitrogens with one attached hydrogen (secondary N) is 1. The van der Waals surface area contributed by atoms with Crippen LogP contribution < -0.4 is 5.32 Å². The van der Waals surface area contributed by atoms with Gasteiger partial charge in [-0.15, -0.1) is 5.10 Å². The van der Waals surface area contributed by atoms with E-state index in [0.29, 0.717) is 20.8 Å². The van der Waals surface area contributed by atoms with Gasteiger partial charge < -0.3 is 5.32 Å². The maximum atomic E-state index is 6.18. The third-order valence-electron chi connectivity index (χ3n) is 2.99. The number of aromatic nitrogens is 3. The van der Waals surface area contributed by atoms with Crippen LogP contribution in [0.4, 0.5) is 0 Å². The summed E-state index contributed by atoms with van der Waals surface area (Å²) in [6.45, 7) is 3.94. The van der Waals surface area contributed by atoms with Gasteiger partial charge >= 0.3 is 0 Å². The minimum atomic E-state index is 0.107. The van der Waals surface area contributed by atoms with E-state index in [4.69, 9.17) is 34.8 Å². The molecule has 0 saturated carbocycles. The van der Waals surface area contributed by atoms with Crippen molar-refractivity contribution in [3.8, 4) is 5.69 Å². The largest absolute Gasteiger partial charge is 0.312 e. The molecule has 0 saturated heterocycles. The second-order valence-electron chi connectivity index (χ2n) is 4.20. The molecule has 0 spiro atoms. The van der Waals surface area contributed by atoms with E-state index in [1.807, 2.05) is 20.9 Å². The molecule has 1 N–H and O–H groups in total. The molecule has 1 aromatic heterocycles. The zero-order valence-corrected chi connectivity index (χ0v) is 13.0. The van der Waals surface area contributed by atoms with Crippen LogP contribution in [0.3, 0.4) is 0 Å². The normalized spacial score (nSPS) is 12.7. The van der Waals surface area contributed by atoms with Crippen LogP contribution in [0.5, 0.6) is 0 Å². The summed E-state index contributed by atoms with van der Waals surface area (Å²) in [5.74, 6) is 0. The Bertz CT molecular complexity index is 609. The van der Waals surface area contributed by atoms with E-state index in [1.165, 1.54) is 0 Å². The van der Waals surface area contributed by atoms with Gasteiger partial charge in [0.05, 0.1) is 32.5 Å². The molecule has 0 amide bonds. The fourth-order valence-electron chi connectivity index (χ4n) is 1.78. The fraction of sp³-hybridized carbons (Fsp3) is 0.333. The molecular formula is C12H13Cl3N4. The Morgan fingerprint density at radius 1 is 1.16 bits per heavy atom. The van der Waals surface area contributed by atoms with Crippen LogP contribution in [0.2, 0.25) is 15.1 Å². The lowest BCUT2D eigenvalue weighted by molar-refractivity contribution is 0.627.